The Hall–Kier alpha value is -0.830. The van der Waals surface area contributed by atoms with Crippen molar-refractivity contribution in [2.24, 2.45) is 5.92 Å². The van der Waals surface area contributed by atoms with Crippen LogP contribution in [-0.2, 0) is 4.79 Å². The van der Waals surface area contributed by atoms with E-state index in [9.17, 15) is 4.79 Å². The van der Waals surface area contributed by atoms with Crippen LogP contribution in [0.2, 0.25) is 0 Å². The maximum absolute atomic E-state index is 12.0. The Morgan fingerprint density at radius 2 is 2.00 bits per heavy atom. The highest BCUT2D eigenvalue weighted by atomic mass is 79.9. The molecule has 1 fully saturated rings. The molecular weight excluding hydrogens is 278 g/mol. The number of halogens is 1. The number of benzene rings is 1. The van der Waals surface area contributed by atoms with Crippen molar-refractivity contribution >= 4 is 27.5 Å². The first-order chi connectivity index (χ1) is 8.16. The van der Waals surface area contributed by atoms with Crippen LogP contribution in [0, 0.1) is 12.8 Å². The molecule has 1 saturated carbocycles. The van der Waals surface area contributed by atoms with Crippen LogP contribution in [0.3, 0.4) is 0 Å². The Bertz CT molecular complexity index is 411. The number of hydrogen-bond acceptors (Lipinski definition) is 1. The maximum Gasteiger partial charge on any atom is 0.227 e. The van der Waals surface area contributed by atoms with Crippen molar-refractivity contribution in [1.82, 2.24) is 0 Å². The van der Waals surface area contributed by atoms with E-state index in [-0.39, 0.29) is 11.8 Å². The molecule has 0 spiro atoms. The lowest BCUT2D eigenvalue weighted by atomic mass is 9.88. The first-order valence-corrected chi connectivity index (χ1v) is 7.03. The lowest BCUT2D eigenvalue weighted by Crippen LogP contribution is -2.24. The molecule has 1 aromatic carbocycles. The van der Waals surface area contributed by atoms with Crippen LogP contribution in [0.1, 0.15) is 37.7 Å². The SMILES string of the molecule is Cc1cc(NC(=O)C2CCCCC2)ccc1Br. The Kier molecular flexibility index (Phi) is 4.21. The molecule has 0 heterocycles. The Balaban J connectivity index is 1.99. The number of carbonyl (C=O) groups excluding carboxylic acids is 1. The summed E-state index contributed by atoms with van der Waals surface area (Å²) in [6, 6.07) is 5.93. The van der Waals surface area contributed by atoms with Crippen LogP contribution >= 0.6 is 15.9 Å². The molecule has 0 saturated heterocycles. The zero-order valence-electron chi connectivity index (χ0n) is 10.1. The molecule has 1 N–H and O–H groups in total. The fraction of sp³-hybridized carbons (Fsp3) is 0.500. The summed E-state index contributed by atoms with van der Waals surface area (Å²) in [7, 11) is 0. The van der Waals surface area contributed by atoms with Gasteiger partial charge >= 0.3 is 0 Å². The van der Waals surface area contributed by atoms with E-state index < -0.39 is 0 Å². The summed E-state index contributed by atoms with van der Waals surface area (Å²) in [5.41, 5.74) is 2.05. The van der Waals surface area contributed by atoms with Gasteiger partial charge < -0.3 is 5.32 Å². The minimum absolute atomic E-state index is 0.187. The predicted molar refractivity (Wildman–Crippen MR) is 74.1 cm³/mol. The molecule has 3 heteroatoms. The summed E-state index contributed by atoms with van der Waals surface area (Å²) < 4.78 is 1.08. The quantitative estimate of drug-likeness (QED) is 0.867. The number of aryl methyl sites for hydroxylation is 1. The summed E-state index contributed by atoms with van der Waals surface area (Å²) in [4.78, 5) is 12.0. The van der Waals surface area contributed by atoms with Gasteiger partial charge in [-0.2, -0.15) is 0 Å². The second-order valence-corrected chi connectivity index (χ2v) is 5.64. The minimum atomic E-state index is 0.187. The molecule has 0 aromatic heterocycles. The molecule has 0 atom stereocenters. The second kappa shape index (κ2) is 5.67. The summed E-state index contributed by atoms with van der Waals surface area (Å²) in [6.45, 7) is 2.03. The third kappa shape index (κ3) is 3.32. The second-order valence-electron chi connectivity index (χ2n) is 4.79. The lowest BCUT2D eigenvalue weighted by Gasteiger charge is -2.20. The van der Waals surface area contributed by atoms with Crippen LogP contribution in [0.25, 0.3) is 0 Å². The average molecular weight is 296 g/mol. The van der Waals surface area contributed by atoms with Crippen molar-refractivity contribution in [3.63, 3.8) is 0 Å². The van der Waals surface area contributed by atoms with Gasteiger partial charge in [-0.15, -0.1) is 0 Å². The molecular formula is C14H18BrNO. The number of amides is 1. The van der Waals surface area contributed by atoms with E-state index in [1.54, 1.807) is 0 Å². The summed E-state index contributed by atoms with van der Waals surface area (Å²) in [5.74, 6) is 0.402. The fourth-order valence-corrected chi connectivity index (χ4v) is 2.58. The number of anilines is 1. The van der Waals surface area contributed by atoms with Gasteiger partial charge in [0.05, 0.1) is 0 Å². The van der Waals surface area contributed by atoms with Crippen molar-refractivity contribution in [3.8, 4) is 0 Å². The number of rotatable bonds is 2. The van der Waals surface area contributed by atoms with Gasteiger partial charge in [0.15, 0.2) is 0 Å². The van der Waals surface area contributed by atoms with E-state index in [1.807, 2.05) is 25.1 Å². The smallest absolute Gasteiger partial charge is 0.227 e. The van der Waals surface area contributed by atoms with Gasteiger partial charge in [-0.25, -0.2) is 0 Å². The largest absolute Gasteiger partial charge is 0.326 e. The fourth-order valence-electron chi connectivity index (χ4n) is 2.33. The standard InChI is InChI=1S/C14H18BrNO/c1-10-9-12(7-8-13(10)15)16-14(17)11-5-3-2-4-6-11/h7-9,11H,2-6H2,1H3,(H,16,17). The van der Waals surface area contributed by atoms with Gasteiger partial charge in [0.1, 0.15) is 0 Å². The molecule has 1 aliphatic rings. The van der Waals surface area contributed by atoms with Gasteiger partial charge in [-0.1, -0.05) is 35.2 Å². The highest BCUT2D eigenvalue weighted by Gasteiger charge is 2.20. The van der Waals surface area contributed by atoms with E-state index >= 15 is 0 Å². The predicted octanol–water partition coefficient (Wildman–Crippen LogP) is 4.28. The summed E-state index contributed by atoms with van der Waals surface area (Å²) in [6.07, 6.45) is 5.75. The van der Waals surface area contributed by atoms with Crippen molar-refractivity contribution < 1.29 is 4.79 Å². The van der Waals surface area contributed by atoms with Crippen LogP contribution in [-0.4, -0.2) is 5.91 Å². The highest BCUT2D eigenvalue weighted by molar-refractivity contribution is 9.10. The third-order valence-corrected chi connectivity index (χ3v) is 4.29. The van der Waals surface area contributed by atoms with Gasteiger partial charge in [-0.05, 0) is 43.5 Å². The van der Waals surface area contributed by atoms with E-state index in [4.69, 9.17) is 0 Å². The van der Waals surface area contributed by atoms with Crippen molar-refractivity contribution in [3.05, 3.63) is 28.2 Å². The van der Waals surface area contributed by atoms with Crippen molar-refractivity contribution in [1.29, 1.82) is 0 Å². The first kappa shape index (κ1) is 12.6. The molecule has 1 amide bonds. The van der Waals surface area contributed by atoms with Gasteiger partial charge in [0.25, 0.3) is 0 Å². The molecule has 0 unspecified atom stereocenters. The summed E-state index contributed by atoms with van der Waals surface area (Å²) >= 11 is 3.46. The molecule has 0 aliphatic heterocycles. The Morgan fingerprint density at radius 3 is 2.65 bits per heavy atom. The highest BCUT2D eigenvalue weighted by Crippen LogP contribution is 2.26. The summed E-state index contributed by atoms with van der Waals surface area (Å²) in [5, 5.41) is 3.02. The van der Waals surface area contributed by atoms with Gasteiger partial charge in [-0.3, -0.25) is 4.79 Å². The first-order valence-electron chi connectivity index (χ1n) is 6.24. The molecule has 1 aromatic rings. The van der Waals surface area contributed by atoms with Crippen molar-refractivity contribution in [2.75, 3.05) is 5.32 Å². The Labute approximate surface area is 111 Å². The molecule has 2 rings (SSSR count). The topological polar surface area (TPSA) is 29.1 Å². The molecule has 1 aliphatic carbocycles. The number of nitrogens with one attached hydrogen (secondary N) is 1. The van der Waals surface area contributed by atoms with Crippen molar-refractivity contribution in [2.45, 2.75) is 39.0 Å². The third-order valence-electron chi connectivity index (χ3n) is 3.40. The van der Waals surface area contributed by atoms with Crippen LogP contribution in [0.4, 0.5) is 5.69 Å². The van der Waals surface area contributed by atoms with E-state index in [0.717, 1.165) is 28.6 Å². The zero-order valence-corrected chi connectivity index (χ0v) is 11.7. The monoisotopic (exact) mass is 295 g/mol. The van der Waals surface area contributed by atoms with Crippen LogP contribution < -0.4 is 5.32 Å². The maximum atomic E-state index is 12.0. The minimum Gasteiger partial charge on any atom is -0.326 e. The van der Waals surface area contributed by atoms with Crippen LogP contribution in [0.5, 0.6) is 0 Å². The molecule has 17 heavy (non-hydrogen) atoms. The van der Waals surface area contributed by atoms with E-state index in [0.29, 0.717) is 0 Å². The number of carbonyl (C=O) groups is 1. The zero-order chi connectivity index (χ0) is 12.3. The molecule has 92 valence electrons. The Morgan fingerprint density at radius 1 is 1.29 bits per heavy atom. The van der Waals surface area contributed by atoms with E-state index in [2.05, 4.69) is 21.2 Å². The van der Waals surface area contributed by atoms with Gasteiger partial charge in [0.2, 0.25) is 5.91 Å². The normalized spacial score (nSPS) is 16.8. The van der Waals surface area contributed by atoms with E-state index in [1.165, 1.54) is 19.3 Å². The molecule has 0 bridgehead atoms. The average Bonchev–Trinajstić information content (AvgIpc) is 2.35. The lowest BCUT2D eigenvalue weighted by molar-refractivity contribution is -0.120. The number of hydrogen-bond donors (Lipinski definition) is 1. The molecule has 0 radical (unpaired) electrons. The molecule has 2 nitrogen and oxygen atoms in total. The van der Waals surface area contributed by atoms with Gasteiger partial charge in [0, 0.05) is 16.1 Å². The van der Waals surface area contributed by atoms with Crippen LogP contribution in [0.15, 0.2) is 22.7 Å².